The van der Waals surface area contributed by atoms with Crippen LogP contribution in [0.15, 0.2) is 36.4 Å². The van der Waals surface area contributed by atoms with E-state index in [9.17, 15) is 0 Å². The number of rotatable bonds is 4. The molecule has 20 heavy (non-hydrogen) atoms. The van der Waals surface area contributed by atoms with Crippen LogP contribution in [0.5, 0.6) is 11.5 Å². The molecule has 0 bridgehead atoms. The number of methoxy groups -OCH3 is 2. The number of para-hydroxylation sites is 1. The number of ether oxygens (including phenoxy) is 2. The molecule has 0 saturated heterocycles. The van der Waals surface area contributed by atoms with Crippen LogP contribution in [0.2, 0.25) is 5.02 Å². The lowest BCUT2D eigenvalue weighted by atomic mass is 9.95. The van der Waals surface area contributed by atoms with Crippen LogP contribution in [0.4, 0.5) is 0 Å². The van der Waals surface area contributed by atoms with Crippen LogP contribution in [0.1, 0.15) is 22.7 Å². The van der Waals surface area contributed by atoms with Crippen molar-refractivity contribution in [2.24, 2.45) is 5.73 Å². The molecular formula is C16H18ClNO2. The second kappa shape index (κ2) is 6.16. The first-order valence-electron chi connectivity index (χ1n) is 6.31. The molecule has 1 unspecified atom stereocenters. The van der Waals surface area contributed by atoms with Crippen LogP contribution in [-0.2, 0) is 0 Å². The summed E-state index contributed by atoms with van der Waals surface area (Å²) in [6.07, 6.45) is 0. The number of hydrogen-bond acceptors (Lipinski definition) is 3. The highest BCUT2D eigenvalue weighted by molar-refractivity contribution is 6.30. The second-order valence-electron chi connectivity index (χ2n) is 4.56. The van der Waals surface area contributed by atoms with E-state index in [1.54, 1.807) is 14.2 Å². The van der Waals surface area contributed by atoms with Crippen molar-refractivity contribution < 1.29 is 9.47 Å². The van der Waals surface area contributed by atoms with E-state index in [0.717, 1.165) is 16.7 Å². The highest BCUT2D eigenvalue weighted by atomic mass is 35.5. The maximum absolute atomic E-state index is 6.39. The monoisotopic (exact) mass is 291 g/mol. The number of aryl methyl sites for hydroxylation is 1. The minimum atomic E-state index is -0.321. The van der Waals surface area contributed by atoms with E-state index in [0.29, 0.717) is 16.5 Å². The first-order chi connectivity index (χ1) is 9.58. The molecule has 3 nitrogen and oxygen atoms in total. The van der Waals surface area contributed by atoms with Gasteiger partial charge in [0.25, 0.3) is 0 Å². The molecule has 0 heterocycles. The third-order valence-corrected chi connectivity index (χ3v) is 3.58. The lowest BCUT2D eigenvalue weighted by molar-refractivity contribution is 0.350. The van der Waals surface area contributed by atoms with Crippen molar-refractivity contribution in [1.29, 1.82) is 0 Å². The SMILES string of the molecule is COc1cccc(C(N)c2cc(Cl)ccc2C)c1OC. The van der Waals surface area contributed by atoms with Crippen LogP contribution < -0.4 is 15.2 Å². The van der Waals surface area contributed by atoms with Gasteiger partial charge >= 0.3 is 0 Å². The first kappa shape index (κ1) is 14.7. The Balaban J connectivity index is 2.53. The molecule has 0 aromatic heterocycles. The number of nitrogens with two attached hydrogens (primary N) is 1. The molecule has 2 aromatic carbocycles. The smallest absolute Gasteiger partial charge is 0.165 e. The van der Waals surface area contributed by atoms with Gasteiger partial charge in [0.05, 0.1) is 20.3 Å². The molecular weight excluding hydrogens is 274 g/mol. The lowest BCUT2D eigenvalue weighted by Crippen LogP contribution is -2.14. The summed E-state index contributed by atoms with van der Waals surface area (Å²) in [6.45, 7) is 2.01. The molecule has 2 N–H and O–H groups in total. The molecule has 0 saturated carbocycles. The van der Waals surface area contributed by atoms with Gasteiger partial charge in [-0.1, -0.05) is 29.8 Å². The van der Waals surface area contributed by atoms with Gasteiger partial charge in [-0.25, -0.2) is 0 Å². The van der Waals surface area contributed by atoms with Crippen LogP contribution in [0, 0.1) is 6.92 Å². The van der Waals surface area contributed by atoms with E-state index in [1.807, 2.05) is 43.3 Å². The Morgan fingerprint density at radius 3 is 2.45 bits per heavy atom. The van der Waals surface area contributed by atoms with E-state index in [4.69, 9.17) is 26.8 Å². The Labute approximate surface area is 124 Å². The molecule has 0 spiro atoms. The molecule has 0 amide bonds. The van der Waals surface area contributed by atoms with Gasteiger partial charge in [0.2, 0.25) is 0 Å². The standard InChI is InChI=1S/C16H18ClNO2/c1-10-7-8-11(17)9-13(10)15(18)12-5-4-6-14(19-2)16(12)20-3/h4-9,15H,18H2,1-3H3. The van der Waals surface area contributed by atoms with E-state index in [2.05, 4.69) is 0 Å². The Morgan fingerprint density at radius 2 is 1.80 bits per heavy atom. The number of halogens is 1. The zero-order valence-electron chi connectivity index (χ0n) is 11.8. The summed E-state index contributed by atoms with van der Waals surface area (Å²) in [5.41, 5.74) is 9.33. The Morgan fingerprint density at radius 1 is 1.05 bits per heavy atom. The minimum Gasteiger partial charge on any atom is -0.493 e. The summed E-state index contributed by atoms with van der Waals surface area (Å²) in [6, 6.07) is 11.1. The summed E-state index contributed by atoms with van der Waals surface area (Å²) in [5.74, 6) is 1.32. The first-order valence-corrected chi connectivity index (χ1v) is 6.68. The predicted molar refractivity (Wildman–Crippen MR) is 81.8 cm³/mol. The van der Waals surface area contributed by atoms with Gasteiger partial charge in [-0.05, 0) is 36.2 Å². The summed E-state index contributed by atoms with van der Waals surface area (Å²) in [7, 11) is 3.22. The van der Waals surface area contributed by atoms with Gasteiger partial charge in [-0.2, -0.15) is 0 Å². The van der Waals surface area contributed by atoms with Crippen molar-refractivity contribution in [2.75, 3.05) is 14.2 Å². The molecule has 0 aliphatic heterocycles. The fraction of sp³-hybridized carbons (Fsp3) is 0.250. The predicted octanol–water partition coefficient (Wildman–Crippen LogP) is 3.71. The van der Waals surface area contributed by atoms with E-state index < -0.39 is 0 Å². The van der Waals surface area contributed by atoms with Gasteiger partial charge in [0.15, 0.2) is 11.5 Å². The molecule has 4 heteroatoms. The molecule has 0 aliphatic rings. The van der Waals surface area contributed by atoms with Gasteiger partial charge in [0, 0.05) is 10.6 Å². The van der Waals surface area contributed by atoms with Crippen molar-refractivity contribution in [3.63, 3.8) is 0 Å². The van der Waals surface area contributed by atoms with Crippen molar-refractivity contribution in [3.8, 4) is 11.5 Å². The summed E-state index contributed by atoms with van der Waals surface area (Å²) in [4.78, 5) is 0. The third-order valence-electron chi connectivity index (χ3n) is 3.34. The highest BCUT2D eigenvalue weighted by Gasteiger charge is 2.19. The van der Waals surface area contributed by atoms with Crippen molar-refractivity contribution in [2.45, 2.75) is 13.0 Å². The van der Waals surface area contributed by atoms with Crippen LogP contribution in [0.25, 0.3) is 0 Å². The van der Waals surface area contributed by atoms with Gasteiger partial charge in [-0.3, -0.25) is 0 Å². The van der Waals surface area contributed by atoms with Crippen LogP contribution in [0.3, 0.4) is 0 Å². The van der Waals surface area contributed by atoms with Gasteiger partial charge in [0.1, 0.15) is 0 Å². The average Bonchev–Trinajstić information content (AvgIpc) is 2.48. The minimum absolute atomic E-state index is 0.321. The van der Waals surface area contributed by atoms with Gasteiger partial charge < -0.3 is 15.2 Å². The number of benzene rings is 2. The molecule has 0 radical (unpaired) electrons. The molecule has 0 aliphatic carbocycles. The highest BCUT2D eigenvalue weighted by Crippen LogP contribution is 2.37. The average molecular weight is 292 g/mol. The summed E-state index contributed by atoms with van der Waals surface area (Å²) >= 11 is 6.07. The van der Waals surface area contributed by atoms with Gasteiger partial charge in [-0.15, -0.1) is 0 Å². The zero-order chi connectivity index (χ0) is 14.7. The van der Waals surface area contributed by atoms with Crippen LogP contribution >= 0.6 is 11.6 Å². The fourth-order valence-electron chi connectivity index (χ4n) is 2.27. The Hall–Kier alpha value is -1.71. The number of hydrogen-bond donors (Lipinski definition) is 1. The second-order valence-corrected chi connectivity index (χ2v) is 5.00. The fourth-order valence-corrected chi connectivity index (χ4v) is 2.45. The third kappa shape index (κ3) is 2.74. The summed E-state index contributed by atoms with van der Waals surface area (Å²) in [5, 5.41) is 0.669. The Bertz CT molecular complexity index is 613. The van der Waals surface area contributed by atoms with Crippen LogP contribution in [-0.4, -0.2) is 14.2 Å². The normalized spacial score (nSPS) is 12.1. The zero-order valence-corrected chi connectivity index (χ0v) is 12.6. The summed E-state index contributed by atoms with van der Waals surface area (Å²) < 4.78 is 10.8. The van der Waals surface area contributed by atoms with Crippen molar-refractivity contribution in [3.05, 3.63) is 58.1 Å². The Kier molecular flexibility index (Phi) is 4.53. The maximum atomic E-state index is 6.39. The van der Waals surface area contributed by atoms with Crippen molar-refractivity contribution >= 4 is 11.6 Å². The quantitative estimate of drug-likeness (QED) is 0.934. The molecule has 106 valence electrons. The van der Waals surface area contributed by atoms with Crippen molar-refractivity contribution in [1.82, 2.24) is 0 Å². The molecule has 2 aromatic rings. The largest absolute Gasteiger partial charge is 0.493 e. The molecule has 1 atom stereocenters. The maximum Gasteiger partial charge on any atom is 0.165 e. The topological polar surface area (TPSA) is 44.5 Å². The molecule has 0 fully saturated rings. The van der Waals surface area contributed by atoms with E-state index in [-0.39, 0.29) is 6.04 Å². The van der Waals surface area contributed by atoms with E-state index >= 15 is 0 Å². The molecule has 2 rings (SSSR count). The van der Waals surface area contributed by atoms with E-state index in [1.165, 1.54) is 0 Å². The lowest BCUT2D eigenvalue weighted by Gasteiger charge is -2.19.